The van der Waals surface area contributed by atoms with Crippen molar-refractivity contribution in [3.05, 3.63) is 0 Å². The Morgan fingerprint density at radius 2 is 1.76 bits per heavy atom. The van der Waals surface area contributed by atoms with Crippen molar-refractivity contribution in [2.75, 3.05) is 32.7 Å². The van der Waals surface area contributed by atoms with Crippen molar-refractivity contribution in [1.29, 1.82) is 0 Å². The number of likely N-dealkylation sites (tertiary alicyclic amines) is 2. The van der Waals surface area contributed by atoms with Crippen molar-refractivity contribution >= 4 is 0 Å². The molecule has 0 bridgehead atoms. The van der Waals surface area contributed by atoms with E-state index >= 15 is 0 Å². The van der Waals surface area contributed by atoms with E-state index in [2.05, 4.69) is 44.4 Å². The first-order valence-electron chi connectivity index (χ1n) is 6.86. The topological polar surface area (TPSA) is 6.48 Å². The maximum Gasteiger partial charge on any atom is 0.148 e. The van der Waals surface area contributed by atoms with Crippen LogP contribution in [-0.2, 0) is 0 Å². The van der Waals surface area contributed by atoms with Gasteiger partial charge in [0, 0.05) is 38.3 Å². The highest BCUT2D eigenvalue weighted by Crippen LogP contribution is 2.34. The smallest absolute Gasteiger partial charge is 0.148 e. The summed E-state index contributed by atoms with van der Waals surface area (Å²) < 4.78 is 14.4. The predicted octanol–water partition coefficient (Wildman–Crippen LogP) is 2.40. The molecule has 2 heterocycles. The van der Waals surface area contributed by atoms with E-state index in [1.54, 1.807) is 0 Å². The molecule has 2 aliphatic rings. The molecule has 0 unspecified atom stereocenters. The lowest BCUT2D eigenvalue weighted by Gasteiger charge is -2.54. The van der Waals surface area contributed by atoms with Crippen molar-refractivity contribution < 1.29 is 4.39 Å². The van der Waals surface area contributed by atoms with Crippen LogP contribution in [0.4, 0.5) is 4.39 Å². The summed E-state index contributed by atoms with van der Waals surface area (Å²) in [5, 5.41) is 0. The lowest BCUT2D eigenvalue weighted by molar-refractivity contribution is -0.109. The molecule has 2 aliphatic heterocycles. The highest BCUT2D eigenvalue weighted by molar-refractivity contribution is 5.03. The molecule has 2 fully saturated rings. The van der Waals surface area contributed by atoms with E-state index in [4.69, 9.17) is 0 Å². The molecule has 0 atom stereocenters. The van der Waals surface area contributed by atoms with E-state index in [0.29, 0.717) is 19.6 Å². The molecule has 100 valence electrons. The van der Waals surface area contributed by atoms with Crippen molar-refractivity contribution in [2.45, 2.75) is 45.8 Å². The largest absolute Gasteiger partial charge is 0.299 e. The Morgan fingerprint density at radius 3 is 2.18 bits per heavy atom. The number of alkyl halides is 1. The van der Waals surface area contributed by atoms with Crippen LogP contribution in [0.3, 0.4) is 0 Å². The zero-order valence-electron chi connectivity index (χ0n) is 12.0. The van der Waals surface area contributed by atoms with Gasteiger partial charge in [0.15, 0.2) is 0 Å². The van der Waals surface area contributed by atoms with Gasteiger partial charge in [-0.1, -0.05) is 13.8 Å². The zero-order valence-corrected chi connectivity index (χ0v) is 12.0. The number of nitrogens with zero attached hydrogens (tertiary/aromatic N) is 2. The van der Waals surface area contributed by atoms with E-state index in [-0.39, 0.29) is 5.54 Å². The Bertz CT molecular complexity index is 270. The average Bonchev–Trinajstić information content (AvgIpc) is 2.03. The van der Waals surface area contributed by atoms with Gasteiger partial charge in [0.2, 0.25) is 0 Å². The van der Waals surface area contributed by atoms with Gasteiger partial charge in [-0.05, 0) is 32.6 Å². The lowest BCUT2D eigenvalue weighted by atomic mass is 9.84. The third-order valence-electron chi connectivity index (χ3n) is 4.33. The summed E-state index contributed by atoms with van der Waals surface area (Å²) in [4.78, 5) is 4.51. The Labute approximate surface area is 105 Å². The van der Waals surface area contributed by atoms with Crippen molar-refractivity contribution in [3.63, 3.8) is 0 Å². The second-order valence-corrected chi connectivity index (χ2v) is 7.38. The Hall–Kier alpha value is -0.150. The molecule has 0 aromatic carbocycles. The number of halogens is 1. The van der Waals surface area contributed by atoms with Gasteiger partial charge >= 0.3 is 0 Å². The van der Waals surface area contributed by atoms with E-state index in [1.165, 1.54) is 0 Å². The van der Waals surface area contributed by atoms with Crippen LogP contribution in [0.15, 0.2) is 0 Å². The van der Waals surface area contributed by atoms with E-state index in [1.807, 2.05) is 0 Å². The molecule has 2 saturated heterocycles. The minimum absolute atomic E-state index is 0.116. The first kappa shape index (κ1) is 13.3. The third-order valence-corrected chi connectivity index (χ3v) is 4.33. The summed E-state index contributed by atoms with van der Waals surface area (Å²) in [7, 11) is 0. The molecule has 0 aromatic heterocycles. The SMILES string of the molecule is CC(C)C1CN(CC2(F)CN(C(C)(C)C)C2)C1. The number of hydrogen-bond donors (Lipinski definition) is 0. The Kier molecular flexibility index (Phi) is 3.28. The van der Waals surface area contributed by atoms with Gasteiger partial charge in [-0.3, -0.25) is 9.80 Å². The first-order chi connectivity index (χ1) is 7.70. The fraction of sp³-hybridized carbons (Fsp3) is 1.00. The minimum atomic E-state index is -0.949. The molecular formula is C14H27FN2. The van der Waals surface area contributed by atoms with Crippen LogP contribution >= 0.6 is 0 Å². The molecule has 3 heteroatoms. The monoisotopic (exact) mass is 242 g/mol. The van der Waals surface area contributed by atoms with Crippen LogP contribution in [0.5, 0.6) is 0 Å². The molecule has 0 aromatic rings. The second-order valence-electron chi connectivity index (χ2n) is 7.38. The fourth-order valence-corrected chi connectivity index (χ4v) is 2.77. The molecule has 0 N–H and O–H groups in total. The van der Waals surface area contributed by atoms with Gasteiger partial charge in [-0.15, -0.1) is 0 Å². The van der Waals surface area contributed by atoms with Crippen molar-refractivity contribution in [2.24, 2.45) is 11.8 Å². The predicted molar refractivity (Wildman–Crippen MR) is 69.9 cm³/mol. The molecular weight excluding hydrogens is 215 g/mol. The number of hydrogen-bond acceptors (Lipinski definition) is 2. The highest BCUT2D eigenvalue weighted by atomic mass is 19.1. The molecule has 2 rings (SSSR count). The van der Waals surface area contributed by atoms with Crippen LogP contribution in [0, 0.1) is 11.8 Å². The highest BCUT2D eigenvalue weighted by Gasteiger charge is 2.49. The summed E-state index contributed by atoms with van der Waals surface area (Å²) in [5.41, 5.74) is -0.833. The van der Waals surface area contributed by atoms with Gasteiger partial charge in [0.1, 0.15) is 5.67 Å². The van der Waals surface area contributed by atoms with Crippen LogP contribution in [0.2, 0.25) is 0 Å². The van der Waals surface area contributed by atoms with Gasteiger partial charge < -0.3 is 0 Å². The van der Waals surface area contributed by atoms with Crippen LogP contribution in [0.1, 0.15) is 34.6 Å². The molecule has 0 aliphatic carbocycles. The summed E-state index contributed by atoms with van der Waals surface area (Å²) >= 11 is 0. The van der Waals surface area contributed by atoms with E-state index in [9.17, 15) is 4.39 Å². The van der Waals surface area contributed by atoms with E-state index < -0.39 is 5.67 Å². The van der Waals surface area contributed by atoms with Crippen molar-refractivity contribution in [1.82, 2.24) is 9.80 Å². The van der Waals surface area contributed by atoms with Crippen LogP contribution in [-0.4, -0.2) is 53.7 Å². The van der Waals surface area contributed by atoms with Crippen molar-refractivity contribution in [3.8, 4) is 0 Å². The average molecular weight is 242 g/mol. The normalized spacial score (nSPS) is 27.0. The second kappa shape index (κ2) is 4.20. The lowest BCUT2D eigenvalue weighted by Crippen LogP contribution is -2.69. The summed E-state index contributed by atoms with van der Waals surface area (Å²) in [5.74, 6) is 1.53. The molecule has 0 spiro atoms. The third kappa shape index (κ3) is 2.82. The Balaban J connectivity index is 1.72. The quantitative estimate of drug-likeness (QED) is 0.750. The molecule has 0 radical (unpaired) electrons. The molecule has 0 amide bonds. The maximum absolute atomic E-state index is 14.4. The summed E-state index contributed by atoms with van der Waals surface area (Å²) in [6.45, 7) is 15.1. The van der Waals surface area contributed by atoms with Gasteiger partial charge in [0.05, 0.1) is 0 Å². The van der Waals surface area contributed by atoms with Crippen LogP contribution in [0.25, 0.3) is 0 Å². The standard InChI is InChI=1S/C14H27FN2/c1-11(2)12-6-16(7-12)8-14(15)9-17(10-14)13(3,4)5/h11-12H,6-10H2,1-5H3. The molecule has 2 nitrogen and oxygen atoms in total. The van der Waals surface area contributed by atoms with E-state index in [0.717, 1.165) is 24.9 Å². The number of rotatable bonds is 3. The maximum atomic E-state index is 14.4. The summed E-state index contributed by atoms with van der Waals surface area (Å²) in [6.07, 6.45) is 0. The zero-order chi connectivity index (χ0) is 12.8. The fourth-order valence-electron chi connectivity index (χ4n) is 2.77. The minimum Gasteiger partial charge on any atom is -0.299 e. The van der Waals surface area contributed by atoms with Gasteiger partial charge in [-0.2, -0.15) is 0 Å². The summed E-state index contributed by atoms with van der Waals surface area (Å²) in [6, 6.07) is 0. The first-order valence-corrected chi connectivity index (χ1v) is 6.86. The molecule has 0 saturated carbocycles. The van der Waals surface area contributed by atoms with Gasteiger partial charge in [-0.25, -0.2) is 4.39 Å². The van der Waals surface area contributed by atoms with Crippen LogP contribution < -0.4 is 0 Å². The molecule has 17 heavy (non-hydrogen) atoms. The Morgan fingerprint density at radius 1 is 1.24 bits per heavy atom. The van der Waals surface area contributed by atoms with Gasteiger partial charge in [0.25, 0.3) is 0 Å².